The molecule has 0 saturated heterocycles. The molecule has 0 atom stereocenters. The standard InChI is InChI=1S/C4H4INO2/c5-8-2-4-1-7-3-6-4/h1,3H,2H2. The molecule has 0 aliphatic carbocycles. The number of hydrogen-bond acceptors (Lipinski definition) is 3. The quantitative estimate of drug-likeness (QED) is 0.716. The Morgan fingerprint density at radius 2 is 2.75 bits per heavy atom. The summed E-state index contributed by atoms with van der Waals surface area (Å²) in [6.07, 6.45) is 2.93. The molecule has 0 N–H and O–H groups in total. The molecule has 44 valence electrons. The summed E-state index contributed by atoms with van der Waals surface area (Å²) in [5.41, 5.74) is 0.819. The van der Waals surface area contributed by atoms with Crippen LogP contribution in [0.4, 0.5) is 0 Å². The highest BCUT2D eigenvalue weighted by molar-refractivity contribution is 14.1. The molecule has 3 nitrogen and oxygen atoms in total. The van der Waals surface area contributed by atoms with Gasteiger partial charge < -0.3 is 7.48 Å². The number of rotatable bonds is 2. The molecule has 0 aromatic carbocycles. The Balaban J connectivity index is 2.50. The highest BCUT2D eigenvalue weighted by atomic mass is 127. The predicted octanol–water partition coefficient (Wildman–Crippen LogP) is 1.54. The maximum atomic E-state index is 4.73. The second kappa shape index (κ2) is 3.03. The van der Waals surface area contributed by atoms with Crippen molar-refractivity contribution in [1.82, 2.24) is 4.98 Å². The van der Waals surface area contributed by atoms with Gasteiger partial charge >= 0.3 is 0 Å². The summed E-state index contributed by atoms with van der Waals surface area (Å²) in [6.45, 7) is 0.511. The van der Waals surface area contributed by atoms with E-state index in [1.165, 1.54) is 6.39 Å². The van der Waals surface area contributed by atoms with Crippen molar-refractivity contribution in [2.75, 3.05) is 0 Å². The molecule has 0 bridgehead atoms. The van der Waals surface area contributed by atoms with Gasteiger partial charge in [0.2, 0.25) is 0 Å². The van der Waals surface area contributed by atoms with Gasteiger partial charge in [-0.15, -0.1) is 0 Å². The van der Waals surface area contributed by atoms with Gasteiger partial charge in [-0.05, 0) is 0 Å². The van der Waals surface area contributed by atoms with Gasteiger partial charge in [0.1, 0.15) is 41.6 Å². The lowest BCUT2D eigenvalue weighted by Crippen LogP contribution is -1.80. The van der Waals surface area contributed by atoms with Crippen LogP contribution < -0.4 is 0 Å². The van der Waals surface area contributed by atoms with Crippen LogP contribution in [0.1, 0.15) is 5.69 Å². The van der Waals surface area contributed by atoms with E-state index in [2.05, 4.69) is 9.40 Å². The van der Waals surface area contributed by atoms with Gasteiger partial charge in [0.05, 0.1) is 0 Å². The van der Waals surface area contributed by atoms with Gasteiger partial charge in [0.15, 0.2) is 6.39 Å². The molecule has 0 spiro atoms. The Bertz CT molecular complexity index is 140. The van der Waals surface area contributed by atoms with Crippen LogP contribution in [0.5, 0.6) is 0 Å². The van der Waals surface area contributed by atoms with Crippen molar-refractivity contribution < 1.29 is 7.48 Å². The second-order valence-corrected chi connectivity index (χ2v) is 1.86. The first kappa shape index (κ1) is 6.03. The molecule has 1 rings (SSSR count). The van der Waals surface area contributed by atoms with Crippen LogP contribution in [0.25, 0.3) is 0 Å². The van der Waals surface area contributed by atoms with E-state index in [-0.39, 0.29) is 0 Å². The molecular formula is C4H4INO2. The molecule has 1 aromatic heterocycles. The fraction of sp³-hybridized carbons (Fsp3) is 0.250. The Hall–Kier alpha value is -0.100. The van der Waals surface area contributed by atoms with Crippen molar-refractivity contribution in [1.29, 1.82) is 0 Å². The lowest BCUT2D eigenvalue weighted by molar-refractivity contribution is 0.409. The fourth-order valence-electron chi connectivity index (χ4n) is 0.365. The largest absolute Gasteiger partial charge is 0.451 e. The third-order valence-electron chi connectivity index (χ3n) is 0.686. The van der Waals surface area contributed by atoms with Crippen LogP contribution in [0.2, 0.25) is 0 Å². The van der Waals surface area contributed by atoms with E-state index in [0.29, 0.717) is 6.61 Å². The van der Waals surface area contributed by atoms with Crippen LogP contribution in [0.15, 0.2) is 17.1 Å². The first-order valence-electron chi connectivity index (χ1n) is 2.04. The molecule has 0 saturated carbocycles. The number of halogens is 1. The fourth-order valence-corrected chi connectivity index (χ4v) is 0.684. The minimum Gasteiger partial charge on any atom is -0.451 e. The number of oxazole rings is 1. The monoisotopic (exact) mass is 225 g/mol. The highest BCUT2D eigenvalue weighted by Gasteiger charge is 1.91. The maximum Gasteiger partial charge on any atom is 0.180 e. The SMILES string of the molecule is IOCc1cocn1. The van der Waals surface area contributed by atoms with Gasteiger partial charge in [-0.25, -0.2) is 4.98 Å². The Kier molecular flexibility index (Phi) is 2.28. The number of hydrogen-bond donors (Lipinski definition) is 0. The molecule has 0 aliphatic rings. The summed E-state index contributed by atoms with van der Waals surface area (Å²) in [5, 5.41) is 0. The summed E-state index contributed by atoms with van der Waals surface area (Å²) in [5.74, 6) is 0. The minimum absolute atomic E-state index is 0.511. The molecule has 0 fully saturated rings. The van der Waals surface area contributed by atoms with Crippen molar-refractivity contribution in [3.63, 3.8) is 0 Å². The Labute approximate surface area is 60.7 Å². The van der Waals surface area contributed by atoms with Crippen LogP contribution in [0.3, 0.4) is 0 Å². The van der Waals surface area contributed by atoms with Crippen LogP contribution in [-0.4, -0.2) is 4.98 Å². The molecule has 8 heavy (non-hydrogen) atoms. The Morgan fingerprint density at radius 1 is 1.88 bits per heavy atom. The third-order valence-corrected chi connectivity index (χ3v) is 0.997. The zero-order valence-electron chi connectivity index (χ0n) is 4.00. The zero-order valence-corrected chi connectivity index (χ0v) is 6.16. The van der Waals surface area contributed by atoms with E-state index in [0.717, 1.165) is 5.69 Å². The summed E-state index contributed by atoms with van der Waals surface area (Å²) >= 11 is 1.81. The molecule has 0 unspecified atom stereocenters. The average molecular weight is 225 g/mol. The second-order valence-electron chi connectivity index (χ2n) is 1.23. The van der Waals surface area contributed by atoms with E-state index in [1.54, 1.807) is 29.3 Å². The lowest BCUT2D eigenvalue weighted by Gasteiger charge is -1.83. The highest BCUT2D eigenvalue weighted by Crippen LogP contribution is 1.98. The molecular weight excluding hydrogens is 221 g/mol. The van der Waals surface area contributed by atoms with Crippen molar-refractivity contribution >= 4 is 23.0 Å². The summed E-state index contributed by atoms with van der Waals surface area (Å²) in [6, 6.07) is 0. The number of aromatic nitrogens is 1. The normalized spacial score (nSPS) is 9.62. The van der Waals surface area contributed by atoms with Gasteiger partial charge in [-0.1, -0.05) is 0 Å². The molecule has 0 amide bonds. The van der Waals surface area contributed by atoms with Crippen molar-refractivity contribution in [2.24, 2.45) is 0 Å². The first-order chi connectivity index (χ1) is 3.93. The topological polar surface area (TPSA) is 35.3 Å². The van der Waals surface area contributed by atoms with Crippen molar-refractivity contribution in [3.05, 3.63) is 18.4 Å². The van der Waals surface area contributed by atoms with E-state index >= 15 is 0 Å². The van der Waals surface area contributed by atoms with Crippen molar-refractivity contribution in [3.8, 4) is 0 Å². The van der Waals surface area contributed by atoms with Gasteiger partial charge in [-0.3, -0.25) is 0 Å². The zero-order chi connectivity index (χ0) is 5.82. The van der Waals surface area contributed by atoms with Crippen LogP contribution in [0, 0.1) is 0 Å². The average Bonchev–Trinajstić information content (AvgIpc) is 2.19. The molecule has 1 aromatic rings. The van der Waals surface area contributed by atoms with Gasteiger partial charge in [0, 0.05) is 0 Å². The van der Waals surface area contributed by atoms with E-state index < -0.39 is 0 Å². The van der Waals surface area contributed by atoms with Crippen molar-refractivity contribution in [2.45, 2.75) is 6.61 Å². The summed E-state index contributed by atoms with van der Waals surface area (Å²) in [7, 11) is 0. The van der Waals surface area contributed by atoms with E-state index in [4.69, 9.17) is 3.07 Å². The number of nitrogens with zero attached hydrogens (tertiary/aromatic N) is 1. The summed E-state index contributed by atoms with van der Waals surface area (Å²) in [4.78, 5) is 3.81. The third kappa shape index (κ3) is 1.45. The Morgan fingerprint density at radius 3 is 3.25 bits per heavy atom. The van der Waals surface area contributed by atoms with E-state index in [1.807, 2.05) is 0 Å². The van der Waals surface area contributed by atoms with Crippen LogP contribution >= 0.6 is 23.0 Å². The van der Waals surface area contributed by atoms with Gasteiger partial charge in [0.25, 0.3) is 0 Å². The smallest absolute Gasteiger partial charge is 0.180 e. The molecule has 1 heterocycles. The summed E-state index contributed by atoms with van der Waals surface area (Å²) < 4.78 is 9.41. The first-order valence-corrected chi connectivity index (χ1v) is 2.92. The lowest BCUT2D eigenvalue weighted by atomic mass is 10.5. The molecule has 0 radical (unpaired) electrons. The minimum atomic E-state index is 0.511. The van der Waals surface area contributed by atoms with E-state index in [9.17, 15) is 0 Å². The van der Waals surface area contributed by atoms with Gasteiger partial charge in [-0.2, -0.15) is 0 Å². The van der Waals surface area contributed by atoms with Crippen LogP contribution in [-0.2, 0) is 9.67 Å². The molecule has 0 aliphatic heterocycles. The predicted molar refractivity (Wildman–Crippen MR) is 35.3 cm³/mol. The maximum absolute atomic E-state index is 4.73. The molecule has 4 heteroatoms.